The third-order valence-corrected chi connectivity index (χ3v) is 4.98. The van der Waals surface area contributed by atoms with E-state index in [1.165, 1.54) is 16.8 Å². The number of anilines is 2. The molecule has 1 saturated heterocycles. The number of rotatable bonds is 4. The van der Waals surface area contributed by atoms with Gasteiger partial charge in [-0.15, -0.1) is 0 Å². The van der Waals surface area contributed by atoms with Crippen LogP contribution in [0.1, 0.15) is 16.7 Å². The van der Waals surface area contributed by atoms with Gasteiger partial charge in [-0.2, -0.15) is 5.26 Å². The first-order valence-corrected chi connectivity index (χ1v) is 8.91. The SMILES string of the molecule is Cc1cccc(N2CCN(C(=O)CNc3cccc(C#N)c3)CC2)c1C. The van der Waals surface area contributed by atoms with Crippen LogP contribution in [0.4, 0.5) is 11.4 Å². The fourth-order valence-electron chi connectivity index (χ4n) is 3.26. The lowest BCUT2D eigenvalue weighted by Gasteiger charge is -2.37. The van der Waals surface area contributed by atoms with Crippen molar-refractivity contribution >= 4 is 17.3 Å². The van der Waals surface area contributed by atoms with Gasteiger partial charge in [-0.25, -0.2) is 0 Å². The average molecular weight is 348 g/mol. The molecule has 134 valence electrons. The molecule has 0 unspecified atom stereocenters. The Morgan fingerprint density at radius 2 is 1.85 bits per heavy atom. The predicted molar refractivity (Wildman–Crippen MR) is 104 cm³/mol. The highest BCUT2D eigenvalue weighted by Gasteiger charge is 2.22. The van der Waals surface area contributed by atoms with Crippen molar-refractivity contribution in [3.8, 4) is 6.07 Å². The number of nitrogens with zero attached hydrogens (tertiary/aromatic N) is 3. The second kappa shape index (κ2) is 7.92. The van der Waals surface area contributed by atoms with Crippen LogP contribution in [-0.2, 0) is 4.79 Å². The number of amides is 1. The summed E-state index contributed by atoms with van der Waals surface area (Å²) in [5.74, 6) is 0.0907. The van der Waals surface area contributed by atoms with Crippen molar-refractivity contribution < 1.29 is 4.79 Å². The number of benzene rings is 2. The highest BCUT2D eigenvalue weighted by molar-refractivity contribution is 5.81. The smallest absolute Gasteiger partial charge is 0.241 e. The van der Waals surface area contributed by atoms with Crippen LogP contribution in [0.25, 0.3) is 0 Å². The second-order valence-electron chi connectivity index (χ2n) is 6.63. The number of hydrogen-bond acceptors (Lipinski definition) is 4. The van der Waals surface area contributed by atoms with E-state index in [2.05, 4.69) is 48.3 Å². The molecule has 0 aliphatic carbocycles. The van der Waals surface area contributed by atoms with Gasteiger partial charge in [0.15, 0.2) is 0 Å². The molecule has 5 nitrogen and oxygen atoms in total. The summed E-state index contributed by atoms with van der Waals surface area (Å²) in [6.07, 6.45) is 0. The molecule has 0 saturated carbocycles. The van der Waals surface area contributed by atoms with Gasteiger partial charge in [-0.1, -0.05) is 18.2 Å². The molecule has 1 aliphatic heterocycles. The first-order valence-electron chi connectivity index (χ1n) is 8.91. The quantitative estimate of drug-likeness (QED) is 0.923. The lowest BCUT2D eigenvalue weighted by atomic mass is 10.1. The Hall–Kier alpha value is -3.00. The molecule has 0 spiro atoms. The molecule has 1 N–H and O–H groups in total. The Labute approximate surface area is 154 Å². The van der Waals surface area contributed by atoms with Gasteiger partial charge in [0.1, 0.15) is 0 Å². The molecule has 2 aromatic carbocycles. The molecule has 0 radical (unpaired) electrons. The van der Waals surface area contributed by atoms with E-state index in [4.69, 9.17) is 5.26 Å². The highest BCUT2D eigenvalue weighted by Crippen LogP contribution is 2.23. The van der Waals surface area contributed by atoms with E-state index in [9.17, 15) is 4.79 Å². The Bertz CT molecular complexity index is 832. The summed E-state index contributed by atoms with van der Waals surface area (Å²) in [7, 11) is 0. The fraction of sp³-hybridized carbons (Fsp3) is 0.333. The Kier molecular flexibility index (Phi) is 5.43. The van der Waals surface area contributed by atoms with Crippen molar-refractivity contribution in [2.75, 3.05) is 42.9 Å². The molecule has 5 heteroatoms. The van der Waals surface area contributed by atoms with Crippen LogP contribution < -0.4 is 10.2 Å². The normalized spacial score (nSPS) is 14.0. The minimum atomic E-state index is 0.0907. The van der Waals surface area contributed by atoms with Gasteiger partial charge in [0.2, 0.25) is 5.91 Å². The monoisotopic (exact) mass is 348 g/mol. The van der Waals surface area contributed by atoms with Crippen molar-refractivity contribution in [2.24, 2.45) is 0 Å². The van der Waals surface area contributed by atoms with Crippen LogP contribution in [-0.4, -0.2) is 43.5 Å². The minimum Gasteiger partial charge on any atom is -0.376 e. The van der Waals surface area contributed by atoms with Gasteiger partial charge in [0.05, 0.1) is 18.2 Å². The van der Waals surface area contributed by atoms with Crippen molar-refractivity contribution in [2.45, 2.75) is 13.8 Å². The van der Waals surface area contributed by atoms with Gasteiger partial charge in [0, 0.05) is 37.6 Å². The van der Waals surface area contributed by atoms with Gasteiger partial charge >= 0.3 is 0 Å². The number of aryl methyl sites for hydroxylation is 1. The number of carbonyl (C=O) groups is 1. The third-order valence-electron chi connectivity index (χ3n) is 4.98. The number of hydrogen-bond donors (Lipinski definition) is 1. The Balaban J connectivity index is 1.53. The van der Waals surface area contributed by atoms with E-state index >= 15 is 0 Å². The number of carbonyl (C=O) groups excluding carboxylic acids is 1. The third kappa shape index (κ3) is 3.97. The summed E-state index contributed by atoms with van der Waals surface area (Å²) in [6.45, 7) is 7.68. The maximum absolute atomic E-state index is 12.5. The van der Waals surface area contributed by atoms with E-state index in [1.54, 1.807) is 12.1 Å². The van der Waals surface area contributed by atoms with Gasteiger partial charge in [-0.05, 0) is 49.2 Å². The molecular weight excluding hydrogens is 324 g/mol. The van der Waals surface area contributed by atoms with E-state index in [0.29, 0.717) is 5.56 Å². The molecule has 1 amide bonds. The maximum atomic E-state index is 12.5. The first-order chi connectivity index (χ1) is 12.6. The standard InChI is InChI=1S/C21H24N4O/c1-16-5-3-8-20(17(16)2)24-9-11-25(12-10-24)21(26)15-23-19-7-4-6-18(13-19)14-22/h3-8,13,23H,9-12,15H2,1-2H3. The Morgan fingerprint density at radius 1 is 1.12 bits per heavy atom. The van der Waals surface area contributed by atoms with Gasteiger partial charge < -0.3 is 15.1 Å². The fourth-order valence-corrected chi connectivity index (χ4v) is 3.26. The van der Waals surface area contributed by atoms with Crippen LogP contribution in [0.3, 0.4) is 0 Å². The number of nitriles is 1. The summed E-state index contributed by atoms with van der Waals surface area (Å²) in [5.41, 5.74) is 5.26. The Morgan fingerprint density at radius 3 is 2.58 bits per heavy atom. The van der Waals surface area contributed by atoms with Crippen LogP contribution in [0.2, 0.25) is 0 Å². The van der Waals surface area contributed by atoms with Crippen LogP contribution in [0.15, 0.2) is 42.5 Å². The molecule has 2 aromatic rings. The molecule has 1 heterocycles. The first kappa shape index (κ1) is 17.8. The lowest BCUT2D eigenvalue weighted by molar-refractivity contribution is -0.129. The van der Waals surface area contributed by atoms with E-state index < -0.39 is 0 Å². The number of nitrogens with one attached hydrogen (secondary N) is 1. The molecule has 0 bridgehead atoms. The molecule has 0 aromatic heterocycles. The number of piperazine rings is 1. The van der Waals surface area contributed by atoms with Crippen LogP contribution in [0.5, 0.6) is 0 Å². The molecule has 26 heavy (non-hydrogen) atoms. The summed E-state index contributed by atoms with van der Waals surface area (Å²) >= 11 is 0. The van der Waals surface area contributed by atoms with Crippen molar-refractivity contribution in [1.29, 1.82) is 5.26 Å². The molecule has 1 fully saturated rings. The van der Waals surface area contributed by atoms with Crippen molar-refractivity contribution in [3.05, 3.63) is 59.2 Å². The van der Waals surface area contributed by atoms with Crippen molar-refractivity contribution in [3.63, 3.8) is 0 Å². The van der Waals surface area contributed by atoms with Crippen LogP contribution >= 0.6 is 0 Å². The zero-order valence-electron chi connectivity index (χ0n) is 15.3. The van der Waals surface area contributed by atoms with E-state index in [1.807, 2.05) is 17.0 Å². The summed E-state index contributed by atoms with van der Waals surface area (Å²) in [5, 5.41) is 12.1. The molecular formula is C21H24N4O. The van der Waals surface area contributed by atoms with E-state index in [-0.39, 0.29) is 12.5 Å². The van der Waals surface area contributed by atoms with Gasteiger partial charge in [-0.3, -0.25) is 4.79 Å². The summed E-state index contributed by atoms with van der Waals surface area (Å²) < 4.78 is 0. The predicted octanol–water partition coefficient (Wildman–Crippen LogP) is 2.94. The molecule has 0 atom stereocenters. The van der Waals surface area contributed by atoms with Crippen molar-refractivity contribution in [1.82, 2.24) is 4.90 Å². The minimum absolute atomic E-state index is 0.0907. The zero-order valence-corrected chi connectivity index (χ0v) is 15.3. The lowest BCUT2D eigenvalue weighted by Crippen LogP contribution is -2.50. The van der Waals surface area contributed by atoms with Crippen LogP contribution in [0, 0.1) is 25.2 Å². The molecule has 1 aliphatic rings. The maximum Gasteiger partial charge on any atom is 0.241 e. The average Bonchev–Trinajstić information content (AvgIpc) is 2.68. The summed E-state index contributed by atoms with van der Waals surface area (Å²) in [4.78, 5) is 16.7. The highest BCUT2D eigenvalue weighted by atomic mass is 16.2. The van der Waals surface area contributed by atoms with Gasteiger partial charge in [0.25, 0.3) is 0 Å². The molecule has 3 rings (SSSR count). The second-order valence-corrected chi connectivity index (χ2v) is 6.63. The van der Waals surface area contributed by atoms with E-state index in [0.717, 1.165) is 31.9 Å². The largest absolute Gasteiger partial charge is 0.376 e. The zero-order chi connectivity index (χ0) is 18.5. The summed E-state index contributed by atoms with van der Waals surface area (Å²) in [6, 6.07) is 15.7. The topological polar surface area (TPSA) is 59.4 Å².